The second kappa shape index (κ2) is 5.84. The van der Waals surface area contributed by atoms with Crippen LogP contribution in [0.5, 0.6) is 11.5 Å². The maximum absolute atomic E-state index is 12.1. The predicted molar refractivity (Wildman–Crippen MR) is 78.8 cm³/mol. The Kier molecular flexibility index (Phi) is 4.13. The lowest BCUT2D eigenvalue weighted by molar-refractivity contribution is 0.0698. The van der Waals surface area contributed by atoms with Crippen LogP contribution in [0.25, 0.3) is 0 Å². The van der Waals surface area contributed by atoms with Crippen molar-refractivity contribution in [2.45, 2.75) is 0 Å². The number of hydrogen-bond acceptors (Lipinski definition) is 4. The van der Waals surface area contributed by atoms with Crippen LogP contribution in [0.2, 0.25) is 0 Å². The highest BCUT2D eigenvalue weighted by molar-refractivity contribution is 9.10. The highest BCUT2D eigenvalue weighted by atomic mass is 79.9. The zero-order valence-electron chi connectivity index (χ0n) is 10.5. The zero-order chi connectivity index (χ0) is 15.6. The Morgan fingerprint density at radius 3 is 2.38 bits per heavy atom. The summed E-state index contributed by atoms with van der Waals surface area (Å²) in [4.78, 5) is 23.2. The van der Waals surface area contributed by atoms with E-state index < -0.39 is 17.6 Å². The number of amides is 1. The number of carboxylic acids is 1. The summed E-state index contributed by atoms with van der Waals surface area (Å²) in [5.74, 6) is -2.58. The molecule has 1 amide bonds. The van der Waals surface area contributed by atoms with E-state index in [4.69, 9.17) is 5.11 Å². The van der Waals surface area contributed by atoms with Gasteiger partial charge in [-0.3, -0.25) is 4.79 Å². The van der Waals surface area contributed by atoms with Crippen LogP contribution in [0.15, 0.2) is 40.9 Å². The Morgan fingerprint density at radius 1 is 1.05 bits per heavy atom. The number of phenols is 2. The van der Waals surface area contributed by atoms with Crippen LogP contribution in [-0.4, -0.2) is 27.2 Å². The molecule has 0 fully saturated rings. The molecular formula is C14H10BrNO5. The van der Waals surface area contributed by atoms with Gasteiger partial charge in [-0.2, -0.15) is 0 Å². The third-order valence-electron chi connectivity index (χ3n) is 2.72. The van der Waals surface area contributed by atoms with Crippen molar-refractivity contribution in [3.05, 3.63) is 52.0 Å². The fourth-order valence-corrected chi connectivity index (χ4v) is 2.15. The van der Waals surface area contributed by atoms with E-state index in [0.29, 0.717) is 4.47 Å². The van der Waals surface area contributed by atoms with Gasteiger partial charge in [0.05, 0.1) is 11.3 Å². The van der Waals surface area contributed by atoms with Gasteiger partial charge in [0.2, 0.25) is 0 Å². The van der Waals surface area contributed by atoms with E-state index in [1.54, 1.807) is 6.07 Å². The van der Waals surface area contributed by atoms with Crippen LogP contribution < -0.4 is 5.32 Å². The van der Waals surface area contributed by atoms with Crippen molar-refractivity contribution in [3.63, 3.8) is 0 Å². The number of halogens is 1. The number of aromatic hydroxyl groups is 2. The smallest absolute Gasteiger partial charge is 0.337 e. The number of carbonyl (C=O) groups is 2. The summed E-state index contributed by atoms with van der Waals surface area (Å²) < 4.78 is 0.416. The van der Waals surface area contributed by atoms with Crippen molar-refractivity contribution < 1.29 is 24.9 Å². The van der Waals surface area contributed by atoms with E-state index in [1.807, 2.05) is 0 Å². The summed E-state index contributed by atoms with van der Waals surface area (Å²) in [6.45, 7) is 0. The summed E-state index contributed by atoms with van der Waals surface area (Å²) in [6.07, 6.45) is 0. The van der Waals surface area contributed by atoms with E-state index in [1.165, 1.54) is 24.3 Å². The first-order chi connectivity index (χ1) is 9.90. The lowest BCUT2D eigenvalue weighted by Crippen LogP contribution is -2.15. The average Bonchev–Trinajstić information content (AvgIpc) is 2.43. The van der Waals surface area contributed by atoms with Gasteiger partial charge in [0.15, 0.2) is 11.5 Å². The van der Waals surface area contributed by atoms with Crippen LogP contribution in [0, 0.1) is 0 Å². The topological polar surface area (TPSA) is 107 Å². The summed E-state index contributed by atoms with van der Waals surface area (Å²) in [5.41, 5.74) is 0.126. The van der Waals surface area contributed by atoms with Gasteiger partial charge in [-0.1, -0.05) is 6.07 Å². The molecule has 0 saturated heterocycles. The Labute approximate surface area is 127 Å². The largest absolute Gasteiger partial charge is 0.504 e. The van der Waals surface area contributed by atoms with Gasteiger partial charge in [0.1, 0.15) is 0 Å². The van der Waals surface area contributed by atoms with Gasteiger partial charge >= 0.3 is 5.97 Å². The van der Waals surface area contributed by atoms with E-state index >= 15 is 0 Å². The van der Waals surface area contributed by atoms with Crippen molar-refractivity contribution in [1.29, 1.82) is 0 Å². The molecule has 108 valence electrons. The summed E-state index contributed by atoms with van der Waals surface area (Å²) in [5, 5.41) is 30.2. The van der Waals surface area contributed by atoms with E-state index in [-0.39, 0.29) is 22.6 Å². The third-order valence-corrected chi connectivity index (χ3v) is 3.38. The number of carboxylic acid groups (broad SMARTS) is 1. The van der Waals surface area contributed by atoms with Crippen molar-refractivity contribution >= 4 is 33.5 Å². The molecule has 0 atom stereocenters. The number of para-hydroxylation sites is 1. The molecule has 0 aliphatic rings. The molecule has 7 heteroatoms. The van der Waals surface area contributed by atoms with Crippen LogP contribution >= 0.6 is 15.9 Å². The van der Waals surface area contributed by atoms with Crippen molar-refractivity contribution in [1.82, 2.24) is 0 Å². The molecule has 6 nitrogen and oxygen atoms in total. The first-order valence-electron chi connectivity index (χ1n) is 5.75. The van der Waals surface area contributed by atoms with Crippen LogP contribution in [0.4, 0.5) is 5.69 Å². The quantitative estimate of drug-likeness (QED) is 0.636. The second-order valence-corrected chi connectivity index (χ2v) is 4.98. The molecule has 0 saturated carbocycles. The SMILES string of the molecule is O=C(Nc1c(Br)cccc1C(=O)O)c1ccc(O)c(O)c1. The minimum Gasteiger partial charge on any atom is -0.504 e. The molecule has 0 aliphatic heterocycles. The maximum Gasteiger partial charge on any atom is 0.337 e. The summed E-state index contributed by atoms with van der Waals surface area (Å²) >= 11 is 3.18. The number of carbonyl (C=O) groups excluding carboxylic acids is 1. The predicted octanol–water partition coefficient (Wildman–Crippen LogP) is 2.81. The monoisotopic (exact) mass is 351 g/mol. The van der Waals surface area contributed by atoms with Gasteiger partial charge < -0.3 is 20.6 Å². The molecule has 0 radical (unpaired) electrons. The molecular weight excluding hydrogens is 342 g/mol. The lowest BCUT2D eigenvalue weighted by Gasteiger charge is -2.11. The van der Waals surface area contributed by atoms with Crippen LogP contribution in [-0.2, 0) is 0 Å². The Bertz CT molecular complexity index is 729. The van der Waals surface area contributed by atoms with Crippen LogP contribution in [0.3, 0.4) is 0 Å². The number of rotatable bonds is 3. The highest BCUT2D eigenvalue weighted by Crippen LogP contribution is 2.29. The van der Waals surface area contributed by atoms with Gasteiger partial charge in [-0.15, -0.1) is 0 Å². The molecule has 2 aromatic rings. The number of nitrogens with one attached hydrogen (secondary N) is 1. The molecule has 0 aliphatic carbocycles. The molecule has 0 heterocycles. The number of hydrogen-bond donors (Lipinski definition) is 4. The normalized spacial score (nSPS) is 10.1. The van der Waals surface area contributed by atoms with E-state index in [2.05, 4.69) is 21.2 Å². The fraction of sp³-hybridized carbons (Fsp3) is 0. The molecule has 2 aromatic carbocycles. The molecule has 0 aromatic heterocycles. The first kappa shape index (κ1) is 14.9. The minimum atomic E-state index is -1.18. The maximum atomic E-state index is 12.1. The number of phenolic OH excluding ortho intramolecular Hbond substituents is 2. The van der Waals surface area contributed by atoms with Crippen molar-refractivity contribution in [3.8, 4) is 11.5 Å². The van der Waals surface area contributed by atoms with Crippen molar-refractivity contribution in [2.75, 3.05) is 5.32 Å². The highest BCUT2D eigenvalue weighted by Gasteiger charge is 2.16. The fourth-order valence-electron chi connectivity index (χ4n) is 1.68. The molecule has 0 spiro atoms. The molecule has 21 heavy (non-hydrogen) atoms. The number of aromatic carboxylic acids is 1. The van der Waals surface area contributed by atoms with Gasteiger partial charge in [0, 0.05) is 10.0 Å². The Hall–Kier alpha value is -2.54. The average molecular weight is 352 g/mol. The molecule has 0 unspecified atom stereocenters. The van der Waals surface area contributed by atoms with E-state index in [9.17, 15) is 19.8 Å². The number of anilines is 1. The second-order valence-electron chi connectivity index (χ2n) is 4.13. The molecule has 4 N–H and O–H groups in total. The standard InChI is InChI=1S/C14H10BrNO5/c15-9-3-1-2-8(14(20)21)12(9)16-13(19)7-4-5-10(17)11(18)6-7/h1-6,17-18H,(H,16,19)(H,20,21). The lowest BCUT2D eigenvalue weighted by atomic mass is 10.1. The third kappa shape index (κ3) is 3.14. The summed E-state index contributed by atoms with van der Waals surface area (Å²) in [6, 6.07) is 8.05. The minimum absolute atomic E-state index is 0.0688. The van der Waals surface area contributed by atoms with Gasteiger partial charge in [0.25, 0.3) is 5.91 Å². The Balaban J connectivity index is 2.36. The zero-order valence-corrected chi connectivity index (χ0v) is 12.1. The summed E-state index contributed by atoms with van der Waals surface area (Å²) in [7, 11) is 0. The van der Waals surface area contributed by atoms with Gasteiger partial charge in [-0.05, 0) is 46.3 Å². The number of benzene rings is 2. The molecule has 2 rings (SSSR count). The van der Waals surface area contributed by atoms with Crippen LogP contribution in [0.1, 0.15) is 20.7 Å². The Morgan fingerprint density at radius 2 is 1.76 bits per heavy atom. The van der Waals surface area contributed by atoms with Crippen molar-refractivity contribution in [2.24, 2.45) is 0 Å². The van der Waals surface area contributed by atoms with E-state index in [0.717, 1.165) is 6.07 Å². The molecule has 0 bridgehead atoms. The first-order valence-corrected chi connectivity index (χ1v) is 6.54. The van der Waals surface area contributed by atoms with Gasteiger partial charge in [-0.25, -0.2) is 4.79 Å².